The van der Waals surface area contributed by atoms with Gasteiger partial charge in [0.1, 0.15) is 36.3 Å². The number of rotatable bonds is 13. The molecule has 0 aromatic carbocycles. The minimum absolute atomic E-state index is 0.119. The van der Waals surface area contributed by atoms with Gasteiger partial charge in [0.25, 0.3) is 5.91 Å². The van der Waals surface area contributed by atoms with Crippen molar-refractivity contribution >= 4 is 11.9 Å². The van der Waals surface area contributed by atoms with E-state index in [0.717, 1.165) is 0 Å². The molecule has 3 aliphatic heterocycles. The Morgan fingerprint density at radius 3 is 2.29 bits per heavy atom. The molecule has 0 saturated carbocycles. The molecule has 17 heteroatoms. The van der Waals surface area contributed by atoms with E-state index >= 15 is 0 Å². The zero-order valence-corrected chi connectivity index (χ0v) is 40.3. The molecule has 4 heterocycles. The third-order valence-corrected chi connectivity index (χ3v) is 13.9. The zero-order valence-electron chi connectivity index (χ0n) is 40.3. The van der Waals surface area contributed by atoms with Crippen LogP contribution in [0, 0.1) is 17.8 Å². The maximum atomic E-state index is 14.5. The van der Waals surface area contributed by atoms with Gasteiger partial charge in [0, 0.05) is 51.2 Å². The Labute approximate surface area is 375 Å². The number of ether oxygens (including phenoxy) is 7. The number of methoxy groups -OCH3 is 1. The van der Waals surface area contributed by atoms with Crippen LogP contribution in [-0.2, 0) is 38.0 Å². The molecule has 0 unspecified atom stereocenters. The average Bonchev–Trinajstić information content (AvgIpc) is 3.77. The highest BCUT2D eigenvalue weighted by Crippen LogP contribution is 2.40. The van der Waals surface area contributed by atoms with Crippen molar-refractivity contribution in [3.8, 4) is 0 Å². The second-order valence-corrected chi connectivity index (χ2v) is 19.6. The SMILES string of the molecule is CC[C@H]1OC(=O)[C@H](C)[C@@H](O[C@H]2C[C@@](C)(OC)[C@@H](O)[C@H](C)O2)[C@H](C)[C@@H](O[C@@H]2O[C@H](C)C[C@H](N(C)C)[C@H]2OCCCNC(=O)c2ccoc2)[C@](C)(O)C[C@@H](C)CN(C)[C@H](C)[C@@H](O)[C@]1(C)O. The summed E-state index contributed by atoms with van der Waals surface area (Å²) in [6.45, 7) is 18.8. The van der Waals surface area contributed by atoms with Crippen LogP contribution in [0.4, 0.5) is 0 Å². The van der Waals surface area contributed by atoms with Crippen LogP contribution in [0.3, 0.4) is 0 Å². The van der Waals surface area contributed by atoms with Crippen molar-refractivity contribution in [1.29, 1.82) is 0 Å². The fraction of sp³-hybridized carbons (Fsp3) is 0.870. The molecule has 364 valence electrons. The van der Waals surface area contributed by atoms with Crippen LogP contribution in [-0.4, -0.2) is 180 Å². The van der Waals surface area contributed by atoms with Crippen molar-refractivity contribution in [1.82, 2.24) is 15.1 Å². The largest absolute Gasteiger partial charge is 0.472 e. The van der Waals surface area contributed by atoms with E-state index in [1.165, 1.54) is 26.6 Å². The standard InChI is InChI=1S/C46H81N3O14/c1-15-34-46(10,55)38(50)30(6)49(13)24-26(2)22-44(8,54)40(28(4)36(29(5)42(53)61-34)62-35-23-45(9,56-14)39(51)31(7)60-35)63-43-37(33(48(11)12)21-27(3)59-43)58-19-16-18-47-41(52)32-17-20-57-25-32/h17,20,25-31,33-40,43,50-51,54-55H,15-16,18-19,21-24H2,1-14H3,(H,47,52)/t26-,27-,28+,29-,30-,31+,33+,34-,35+,36+,37-,38-,39+,40-,43+,44-,45-,46-/m1/s1. The fourth-order valence-electron chi connectivity index (χ4n) is 9.89. The molecule has 3 fully saturated rings. The van der Waals surface area contributed by atoms with Gasteiger partial charge in [0.2, 0.25) is 0 Å². The predicted molar refractivity (Wildman–Crippen MR) is 234 cm³/mol. The monoisotopic (exact) mass is 900 g/mol. The molecule has 0 radical (unpaired) electrons. The average molecular weight is 900 g/mol. The quantitative estimate of drug-likeness (QED) is 0.142. The van der Waals surface area contributed by atoms with Crippen LogP contribution in [0.25, 0.3) is 0 Å². The summed E-state index contributed by atoms with van der Waals surface area (Å²) in [5.41, 5.74) is -4.02. The Balaban J connectivity index is 1.77. The van der Waals surface area contributed by atoms with Crippen molar-refractivity contribution in [2.24, 2.45) is 17.8 Å². The summed E-state index contributed by atoms with van der Waals surface area (Å²) in [4.78, 5) is 31.0. The van der Waals surface area contributed by atoms with Gasteiger partial charge >= 0.3 is 5.97 Å². The number of esters is 1. The van der Waals surface area contributed by atoms with Crippen molar-refractivity contribution in [2.45, 2.75) is 192 Å². The number of carbonyl (C=O) groups is 2. The predicted octanol–water partition coefficient (Wildman–Crippen LogP) is 3.34. The molecule has 0 bridgehead atoms. The molecule has 5 N–H and O–H groups in total. The van der Waals surface area contributed by atoms with Gasteiger partial charge < -0.3 is 73.1 Å². The molecule has 0 spiro atoms. The number of aliphatic hydroxyl groups excluding tert-OH is 2. The van der Waals surface area contributed by atoms with E-state index in [1.54, 1.807) is 40.7 Å². The lowest BCUT2D eigenvalue weighted by Gasteiger charge is -2.49. The first-order valence-electron chi connectivity index (χ1n) is 22.8. The molecular formula is C46H81N3O14. The van der Waals surface area contributed by atoms with Gasteiger partial charge in [0.05, 0.1) is 53.4 Å². The number of hydrogen-bond donors (Lipinski definition) is 5. The van der Waals surface area contributed by atoms with E-state index in [2.05, 4.69) is 10.2 Å². The highest BCUT2D eigenvalue weighted by molar-refractivity contribution is 5.93. The Kier molecular flexibility index (Phi) is 19.0. The van der Waals surface area contributed by atoms with Crippen LogP contribution in [0.1, 0.15) is 112 Å². The lowest BCUT2D eigenvalue weighted by atomic mass is 9.77. The summed E-state index contributed by atoms with van der Waals surface area (Å²) in [5.74, 6) is -2.90. The topological polar surface area (TPSA) is 211 Å². The van der Waals surface area contributed by atoms with Gasteiger partial charge in [-0.1, -0.05) is 20.8 Å². The van der Waals surface area contributed by atoms with Gasteiger partial charge in [0.15, 0.2) is 12.6 Å². The minimum atomic E-state index is -1.82. The number of aliphatic hydroxyl groups is 4. The normalized spacial score (nSPS) is 42.9. The second-order valence-electron chi connectivity index (χ2n) is 19.6. The van der Waals surface area contributed by atoms with Crippen molar-refractivity contribution in [3.05, 3.63) is 24.2 Å². The van der Waals surface area contributed by atoms with Crippen molar-refractivity contribution in [2.75, 3.05) is 47.9 Å². The molecule has 4 rings (SSSR count). The van der Waals surface area contributed by atoms with Crippen LogP contribution in [0.5, 0.6) is 0 Å². The highest BCUT2D eigenvalue weighted by Gasteiger charge is 2.53. The van der Waals surface area contributed by atoms with Crippen LogP contribution >= 0.6 is 0 Å². The van der Waals surface area contributed by atoms with Crippen LogP contribution in [0.15, 0.2) is 23.0 Å². The Morgan fingerprint density at radius 1 is 1.00 bits per heavy atom. The number of nitrogens with one attached hydrogen (secondary N) is 1. The third kappa shape index (κ3) is 13.0. The minimum Gasteiger partial charge on any atom is -0.472 e. The van der Waals surface area contributed by atoms with Gasteiger partial charge in [-0.15, -0.1) is 0 Å². The fourth-order valence-corrected chi connectivity index (χ4v) is 9.89. The van der Waals surface area contributed by atoms with Gasteiger partial charge in [-0.05, 0) is 107 Å². The van der Waals surface area contributed by atoms with Crippen molar-refractivity contribution in [3.63, 3.8) is 0 Å². The molecule has 1 aromatic heterocycles. The van der Waals surface area contributed by atoms with E-state index in [0.29, 0.717) is 31.5 Å². The maximum Gasteiger partial charge on any atom is 0.311 e. The number of likely N-dealkylation sites (N-methyl/N-ethyl adjacent to an activating group) is 2. The number of furan rings is 1. The number of hydrogen-bond acceptors (Lipinski definition) is 16. The summed E-state index contributed by atoms with van der Waals surface area (Å²) in [6, 6.07) is 0.882. The van der Waals surface area contributed by atoms with E-state index in [4.69, 9.17) is 37.6 Å². The summed E-state index contributed by atoms with van der Waals surface area (Å²) < 4.78 is 50.3. The number of nitrogens with zero attached hydrogens (tertiary/aromatic N) is 2. The Bertz CT molecular complexity index is 1560. The molecule has 1 amide bonds. The molecule has 17 nitrogen and oxygen atoms in total. The summed E-state index contributed by atoms with van der Waals surface area (Å²) in [5, 5.41) is 50.3. The molecule has 63 heavy (non-hydrogen) atoms. The molecular weight excluding hydrogens is 819 g/mol. The molecule has 3 aliphatic rings. The van der Waals surface area contributed by atoms with Crippen LogP contribution in [0.2, 0.25) is 0 Å². The first-order valence-corrected chi connectivity index (χ1v) is 22.8. The zero-order chi connectivity index (χ0) is 47.2. The van der Waals surface area contributed by atoms with Gasteiger partial charge in [-0.25, -0.2) is 0 Å². The van der Waals surface area contributed by atoms with Gasteiger partial charge in [-0.3, -0.25) is 9.59 Å². The highest BCUT2D eigenvalue weighted by atomic mass is 16.7. The second kappa shape index (κ2) is 22.5. The maximum absolute atomic E-state index is 14.5. The van der Waals surface area contributed by atoms with E-state index in [-0.39, 0.29) is 49.8 Å². The van der Waals surface area contributed by atoms with Crippen LogP contribution < -0.4 is 5.32 Å². The molecule has 0 aliphatic carbocycles. The number of cyclic esters (lactones) is 1. The molecule has 1 aromatic rings. The lowest BCUT2D eigenvalue weighted by molar-refractivity contribution is -0.321. The third-order valence-electron chi connectivity index (χ3n) is 13.9. The first-order chi connectivity index (χ1) is 29.4. The summed E-state index contributed by atoms with van der Waals surface area (Å²) >= 11 is 0. The van der Waals surface area contributed by atoms with E-state index < -0.39 is 96.0 Å². The molecule has 3 saturated heterocycles. The van der Waals surface area contributed by atoms with E-state index in [9.17, 15) is 30.0 Å². The number of carbonyl (C=O) groups excluding carboxylic acids is 2. The van der Waals surface area contributed by atoms with Gasteiger partial charge in [-0.2, -0.15) is 0 Å². The first kappa shape index (κ1) is 53.4. The molecule has 18 atom stereocenters. The Hall–Kier alpha value is -2.26. The summed E-state index contributed by atoms with van der Waals surface area (Å²) in [7, 11) is 7.29. The number of amides is 1. The van der Waals surface area contributed by atoms with E-state index in [1.807, 2.05) is 53.7 Å². The Morgan fingerprint density at radius 2 is 1.68 bits per heavy atom. The van der Waals surface area contributed by atoms with Crippen molar-refractivity contribution < 1.29 is 67.6 Å². The smallest absolute Gasteiger partial charge is 0.311 e. The lowest BCUT2D eigenvalue weighted by Crippen LogP contribution is -2.61. The summed E-state index contributed by atoms with van der Waals surface area (Å²) in [6.07, 6.45) is -4.45.